The van der Waals surface area contributed by atoms with Crippen molar-refractivity contribution in [1.82, 2.24) is 10.6 Å². The highest BCUT2D eigenvalue weighted by atomic mass is 16.2. The molecule has 2 saturated carbocycles. The van der Waals surface area contributed by atoms with Crippen molar-refractivity contribution in [2.75, 3.05) is 6.54 Å². The molecule has 3 fully saturated rings. The Morgan fingerprint density at radius 3 is 2.67 bits per heavy atom. The Labute approximate surface area is 127 Å². The molecule has 3 atom stereocenters. The largest absolute Gasteiger partial charge is 0.354 e. The summed E-state index contributed by atoms with van der Waals surface area (Å²) in [6, 6.07) is -0.299. The van der Waals surface area contributed by atoms with Gasteiger partial charge in [0.05, 0.1) is 0 Å². The van der Waals surface area contributed by atoms with E-state index >= 15 is 0 Å². The first-order chi connectivity index (χ1) is 10.2. The van der Waals surface area contributed by atoms with E-state index in [1.54, 1.807) is 0 Å². The summed E-state index contributed by atoms with van der Waals surface area (Å²) in [6.45, 7) is 0.812. The van der Waals surface area contributed by atoms with Gasteiger partial charge in [-0.2, -0.15) is 0 Å². The van der Waals surface area contributed by atoms with Gasteiger partial charge in [-0.15, -0.1) is 0 Å². The molecule has 21 heavy (non-hydrogen) atoms. The van der Waals surface area contributed by atoms with E-state index in [-0.39, 0.29) is 17.9 Å². The molecule has 4 nitrogen and oxygen atoms in total. The molecule has 0 aromatic heterocycles. The van der Waals surface area contributed by atoms with Gasteiger partial charge in [0, 0.05) is 13.0 Å². The predicted molar refractivity (Wildman–Crippen MR) is 81.6 cm³/mol. The van der Waals surface area contributed by atoms with Crippen LogP contribution in [0.25, 0.3) is 0 Å². The van der Waals surface area contributed by atoms with Crippen LogP contribution in [0.2, 0.25) is 0 Å². The molecule has 0 radical (unpaired) electrons. The molecule has 2 N–H and O–H groups in total. The van der Waals surface area contributed by atoms with Crippen molar-refractivity contribution in [3.8, 4) is 0 Å². The molecule has 118 valence electrons. The smallest absolute Gasteiger partial charge is 0.242 e. The Balaban J connectivity index is 1.39. The standard InChI is InChI=1S/C17H28N2O2/c20-16-9-5-4-8-15(19-16)17(21)18-11-13-10-14(13)12-6-2-1-3-7-12/h12-15H,1-11H2,(H,18,21)(H,19,20)/t13-,14-,15+/m0/s1. The van der Waals surface area contributed by atoms with Gasteiger partial charge in [-0.3, -0.25) is 9.59 Å². The lowest BCUT2D eigenvalue weighted by molar-refractivity contribution is -0.128. The summed E-state index contributed by atoms with van der Waals surface area (Å²) >= 11 is 0. The van der Waals surface area contributed by atoms with Crippen LogP contribution in [-0.2, 0) is 9.59 Å². The van der Waals surface area contributed by atoms with Crippen LogP contribution < -0.4 is 10.6 Å². The third-order valence-electron chi connectivity index (χ3n) is 5.57. The van der Waals surface area contributed by atoms with Gasteiger partial charge >= 0.3 is 0 Å². The number of amides is 2. The maximum Gasteiger partial charge on any atom is 0.242 e. The monoisotopic (exact) mass is 292 g/mol. The lowest BCUT2D eigenvalue weighted by atomic mass is 9.85. The molecule has 0 unspecified atom stereocenters. The van der Waals surface area contributed by atoms with Crippen molar-refractivity contribution in [1.29, 1.82) is 0 Å². The fourth-order valence-electron chi connectivity index (χ4n) is 4.17. The molecular weight excluding hydrogens is 264 g/mol. The number of nitrogens with one attached hydrogen (secondary N) is 2. The molecule has 0 bridgehead atoms. The van der Waals surface area contributed by atoms with Crippen LogP contribution >= 0.6 is 0 Å². The van der Waals surface area contributed by atoms with Crippen LogP contribution in [-0.4, -0.2) is 24.4 Å². The van der Waals surface area contributed by atoms with Gasteiger partial charge in [0.25, 0.3) is 0 Å². The molecule has 3 rings (SSSR count). The van der Waals surface area contributed by atoms with Crippen LogP contribution in [0.4, 0.5) is 0 Å². The van der Waals surface area contributed by atoms with E-state index in [9.17, 15) is 9.59 Å². The lowest BCUT2D eigenvalue weighted by Gasteiger charge is -2.22. The zero-order valence-electron chi connectivity index (χ0n) is 12.9. The summed E-state index contributed by atoms with van der Waals surface area (Å²) in [4.78, 5) is 23.7. The van der Waals surface area contributed by atoms with Gasteiger partial charge in [0.15, 0.2) is 0 Å². The zero-order chi connectivity index (χ0) is 14.7. The molecule has 0 aromatic carbocycles. The normalized spacial score (nSPS) is 33.9. The highest BCUT2D eigenvalue weighted by Gasteiger charge is 2.42. The molecule has 1 aliphatic heterocycles. The van der Waals surface area contributed by atoms with E-state index in [0.29, 0.717) is 12.3 Å². The Hall–Kier alpha value is -1.06. The maximum absolute atomic E-state index is 12.2. The Kier molecular flexibility index (Phi) is 4.81. The van der Waals surface area contributed by atoms with Crippen LogP contribution in [0, 0.1) is 17.8 Å². The summed E-state index contributed by atoms with van der Waals surface area (Å²) in [5, 5.41) is 5.92. The molecule has 3 aliphatic rings. The molecule has 2 aliphatic carbocycles. The summed E-state index contributed by atoms with van der Waals surface area (Å²) in [5.74, 6) is 2.52. The number of hydrogen-bond donors (Lipinski definition) is 2. The van der Waals surface area contributed by atoms with Gasteiger partial charge in [0.1, 0.15) is 6.04 Å². The predicted octanol–water partition coefficient (Wildman–Crippen LogP) is 2.38. The molecule has 4 heteroatoms. The van der Waals surface area contributed by atoms with Crippen LogP contribution in [0.15, 0.2) is 0 Å². The van der Waals surface area contributed by atoms with Gasteiger partial charge in [-0.1, -0.05) is 38.5 Å². The quantitative estimate of drug-likeness (QED) is 0.836. The first kappa shape index (κ1) is 14.9. The second kappa shape index (κ2) is 6.80. The van der Waals surface area contributed by atoms with Gasteiger partial charge in [-0.05, 0) is 37.0 Å². The van der Waals surface area contributed by atoms with Crippen LogP contribution in [0.3, 0.4) is 0 Å². The maximum atomic E-state index is 12.2. The van der Waals surface area contributed by atoms with Gasteiger partial charge in [0.2, 0.25) is 11.8 Å². The summed E-state index contributed by atoms with van der Waals surface area (Å²) < 4.78 is 0. The molecule has 1 heterocycles. The highest BCUT2D eigenvalue weighted by Crippen LogP contribution is 2.48. The topological polar surface area (TPSA) is 58.2 Å². The number of carbonyl (C=O) groups excluding carboxylic acids is 2. The third kappa shape index (κ3) is 3.98. The fourth-order valence-corrected chi connectivity index (χ4v) is 4.17. The summed E-state index contributed by atoms with van der Waals surface area (Å²) in [5.41, 5.74) is 0. The van der Waals surface area contributed by atoms with Crippen molar-refractivity contribution >= 4 is 11.8 Å². The van der Waals surface area contributed by atoms with Crippen LogP contribution in [0.1, 0.15) is 64.2 Å². The average molecular weight is 292 g/mol. The Bertz CT molecular complexity index is 390. The van der Waals surface area contributed by atoms with E-state index < -0.39 is 0 Å². The highest BCUT2D eigenvalue weighted by molar-refractivity contribution is 5.87. The second-order valence-corrected chi connectivity index (χ2v) is 7.17. The fraction of sp³-hybridized carbons (Fsp3) is 0.882. The first-order valence-corrected chi connectivity index (χ1v) is 8.81. The first-order valence-electron chi connectivity index (χ1n) is 8.81. The number of rotatable bonds is 4. The number of carbonyl (C=O) groups is 2. The lowest BCUT2D eigenvalue weighted by Crippen LogP contribution is -2.46. The van der Waals surface area contributed by atoms with Gasteiger partial charge < -0.3 is 10.6 Å². The molecular formula is C17H28N2O2. The SMILES string of the molecule is O=C1CCCC[C@H](C(=O)NC[C@@H]2C[C@H]2C2CCCCC2)N1. The van der Waals surface area contributed by atoms with Crippen molar-refractivity contribution in [3.63, 3.8) is 0 Å². The van der Waals surface area contributed by atoms with E-state index in [4.69, 9.17) is 0 Å². The van der Waals surface area contributed by atoms with Crippen LogP contribution in [0.5, 0.6) is 0 Å². The number of hydrogen-bond acceptors (Lipinski definition) is 2. The minimum atomic E-state index is -0.299. The second-order valence-electron chi connectivity index (χ2n) is 7.17. The molecule has 1 saturated heterocycles. The summed E-state index contributed by atoms with van der Waals surface area (Å²) in [7, 11) is 0. The molecule has 0 aromatic rings. The van der Waals surface area contributed by atoms with Crippen molar-refractivity contribution < 1.29 is 9.59 Å². The Morgan fingerprint density at radius 2 is 1.86 bits per heavy atom. The van der Waals surface area contributed by atoms with E-state index in [2.05, 4.69) is 10.6 Å². The minimum Gasteiger partial charge on any atom is -0.354 e. The minimum absolute atomic E-state index is 0.0270. The van der Waals surface area contributed by atoms with E-state index in [1.165, 1.54) is 38.5 Å². The third-order valence-corrected chi connectivity index (χ3v) is 5.57. The molecule has 0 spiro atoms. The zero-order valence-corrected chi connectivity index (χ0v) is 12.9. The average Bonchev–Trinajstić information content (AvgIpc) is 3.30. The van der Waals surface area contributed by atoms with Crippen molar-refractivity contribution in [2.24, 2.45) is 17.8 Å². The van der Waals surface area contributed by atoms with Crippen molar-refractivity contribution in [2.45, 2.75) is 70.3 Å². The Morgan fingerprint density at radius 1 is 1.10 bits per heavy atom. The summed E-state index contributed by atoms with van der Waals surface area (Å²) in [6.07, 6.45) is 11.5. The van der Waals surface area contributed by atoms with E-state index in [1.807, 2.05) is 0 Å². The molecule has 2 amide bonds. The van der Waals surface area contributed by atoms with Gasteiger partial charge in [-0.25, -0.2) is 0 Å². The van der Waals surface area contributed by atoms with E-state index in [0.717, 1.165) is 37.6 Å². The van der Waals surface area contributed by atoms with Crippen molar-refractivity contribution in [3.05, 3.63) is 0 Å².